The summed E-state index contributed by atoms with van der Waals surface area (Å²) in [4.78, 5) is 16.0. The van der Waals surface area contributed by atoms with Crippen LogP contribution in [-0.4, -0.2) is 28.7 Å². The molecule has 1 heterocycles. The van der Waals surface area contributed by atoms with E-state index in [1.807, 2.05) is 13.8 Å². The van der Waals surface area contributed by atoms with Gasteiger partial charge in [-0.25, -0.2) is 9.78 Å². The molecule has 1 aliphatic rings. The molecule has 0 bridgehead atoms. The molecular formula is C12H19N3O2. The maximum Gasteiger partial charge on any atom is 0.329 e. The van der Waals surface area contributed by atoms with E-state index in [-0.39, 0.29) is 5.97 Å². The molecule has 2 rings (SSSR count). The Kier molecular flexibility index (Phi) is 3.78. The van der Waals surface area contributed by atoms with E-state index in [1.165, 1.54) is 12.8 Å². The van der Waals surface area contributed by atoms with Gasteiger partial charge in [-0.15, -0.1) is 0 Å². The highest BCUT2D eigenvalue weighted by atomic mass is 16.5. The Balaban J connectivity index is 2.18. The number of carbonyl (C=O) groups is 1. The number of aromatic nitrogens is 2. The van der Waals surface area contributed by atoms with Crippen LogP contribution in [0.25, 0.3) is 0 Å². The van der Waals surface area contributed by atoms with Gasteiger partial charge in [0.05, 0.1) is 24.8 Å². The summed E-state index contributed by atoms with van der Waals surface area (Å²) >= 11 is 0. The maximum atomic E-state index is 11.9. The molecule has 0 amide bonds. The van der Waals surface area contributed by atoms with Crippen molar-refractivity contribution in [2.75, 3.05) is 13.2 Å². The number of hydrogen-bond acceptors (Lipinski definition) is 4. The van der Waals surface area contributed by atoms with E-state index < -0.39 is 6.04 Å². The zero-order valence-electron chi connectivity index (χ0n) is 10.3. The molecule has 0 spiro atoms. The van der Waals surface area contributed by atoms with Crippen LogP contribution in [0.4, 0.5) is 0 Å². The normalized spacial score (nSPS) is 16.8. The second-order valence-electron chi connectivity index (χ2n) is 4.20. The molecule has 0 radical (unpaired) electrons. The third-order valence-corrected chi connectivity index (χ3v) is 2.86. The van der Waals surface area contributed by atoms with Crippen molar-refractivity contribution in [3.63, 3.8) is 0 Å². The van der Waals surface area contributed by atoms with Crippen LogP contribution in [0.15, 0.2) is 12.5 Å². The molecular weight excluding hydrogens is 218 g/mol. The third-order valence-electron chi connectivity index (χ3n) is 2.86. The molecule has 1 saturated carbocycles. The van der Waals surface area contributed by atoms with Gasteiger partial charge in [0, 0.05) is 6.04 Å². The van der Waals surface area contributed by atoms with E-state index in [0.29, 0.717) is 12.6 Å². The van der Waals surface area contributed by atoms with Crippen LogP contribution in [0, 0.1) is 0 Å². The van der Waals surface area contributed by atoms with Gasteiger partial charge < -0.3 is 9.30 Å². The van der Waals surface area contributed by atoms with Gasteiger partial charge in [-0.2, -0.15) is 0 Å². The number of hydrogen-bond donors (Lipinski definition) is 1. The highest BCUT2D eigenvalue weighted by Crippen LogP contribution is 2.37. The predicted molar refractivity (Wildman–Crippen MR) is 63.5 cm³/mol. The van der Waals surface area contributed by atoms with Crippen LogP contribution < -0.4 is 5.32 Å². The summed E-state index contributed by atoms with van der Waals surface area (Å²) in [6, 6.07) is 0.117. The lowest BCUT2D eigenvalue weighted by Gasteiger charge is -2.17. The average Bonchev–Trinajstić information content (AvgIpc) is 3.05. The summed E-state index contributed by atoms with van der Waals surface area (Å²) in [6.45, 7) is 4.92. The zero-order chi connectivity index (χ0) is 12.3. The summed E-state index contributed by atoms with van der Waals surface area (Å²) in [6.07, 6.45) is 5.90. The van der Waals surface area contributed by atoms with Gasteiger partial charge in [0.1, 0.15) is 6.04 Å². The van der Waals surface area contributed by atoms with Gasteiger partial charge in [0.15, 0.2) is 0 Å². The van der Waals surface area contributed by atoms with Crippen molar-refractivity contribution in [2.24, 2.45) is 0 Å². The van der Waals surface area contributed by atoms with Crippen LogP contribution >= 0.6 is 0 Å². The first-order chi connectivity index (χ1) is 8.27. The standard InChI is InChI=1S/C12H19N3O2/c1-3-14-11(12(16)17-4-2)10-7-13-8-15(10)9-5-6-9/h7-9,11,14H,3-6H2,1-2H3. The molecule has 1 atom stereocenters. The smallest absolute Gasteiger partial charge is 0.329 e. The first-order valence-electron chi connectivity index (χ1n) is 6.19. The molecule has 5 nitrogen and oxygen atoms in total. The summed E-state index contributed by atoms with van der Waals surface area (Å²) < 4.78 is 7.18. The minimum atomic E-state index is -0.400. The number of imidazole rings is 1. The second kappa shape index (κ2) is 5.31. The first kappa shape index (κ1) is 12.1. The van der Waals surface area contributed by atoms with Crippen molar-refractivity contribution in [1.29, 1.82) is 0 Å². The first-order valence-corrected chi connectivity index (χ1v) is 6.19. The topological polar surface area (TPSA) is 56.1 Å². The van der Waals surface area contributed by atoms with Crippen molar-refractivity contribution in [3.05, 3.63) is 18.2 Å². The lowest BCUT2D eigenvalue weighted by Crippen LogP contribution is -2.31. The zero-order valence-corrected chi connectivity index (χ0v) is 10.3. The second-order valence-corrected chi connectivity index (χ2v) is 4.20. The fourth-order valence-electron chi connectivity index (χ4n) is 1.93. The van der Waals surface area contributed by atoms with E-state index in [2.05, 4.69) is 14.9 Å². The largest absolute Gasteiger partial charge is 0.465 e. The molecule has 1 aromatic rings. The van der Waals surface area contributed by atoms with Crippen molar-refractivity contribution in [1.82, 2.24) is 14.9 Å². The molecule has 5 heteroatoms. The van der Waals surface area contributed by atoms with Gasteiger partial charge in [-0.3, -0.25) is 5.32 Å². The van der Waals surface area contributed by atoms with E-state index in [0.717, 1.165) is 12.2 Å². The monoisotopic (exact) mass is 237 g/mol. The number of likely N-dealkylation sites (N-methyl/N-ethyl adjacent to an activating group) is 1. The molecule has 1 unspecified atom stereocenters. The van der Waals surface area contributed by atoms with Gasteiger partial charge >= 0.3 is 5.97 Å². The summed E-state index contributed by atoms with van der Waals surface area (Å²) in [5.41, 5.74) is 0.910. The van der Waals surface area contributed by atoms with Crippen molar-refractivity contribution in [2.45, 2.75) is 38.8 Å². The molecule has 0 aromatic carbocycles. The van der Waals surface area contributed by atoms with Gasteiger partial charge in [-0.1, -0.05) is 6.92 Å². The summed E-state index contributed by atoms with van der Waals surface area (Å²) in [5.74, 6) is -0.225. The SMILES string of the molecule is CCNC(C(=O)OCC)c1cncn1C1CC1. The van der Waals surface area contributed by atoms with Crippen LogP contribution in [0.1, 0.15) is 44.5 Å². The lowest BCUT2D eigenvalue weighted by molar-refractivity contribution is -0.146. The van der Waals surface area contributed by atoms with Gasteiger partial charge in [0.25, 0.3) is 0 Å². The Hall–Kier alpha value is -1.36. The number of esters is 1. The van der Waals surface area contributed by atoms with Crippen LogP contribution in [-0.2, 0) is 9.53 Å². The fourth-order valence-corrected chi connectivity index (χ4v) is 1.93. The van der Waals surface area contributed by atoms with Gasteiger partial charge in [-0.05, 0) is 26.3 Å². The highest BCUT2D eigenvalue weighted by molar-refractivity contribution is 5.77. The number of ether oxygens (including phenoxy) is 1. The minimum absolute atomic E-state index is 0.225. The number of nitrogens with zero attached hydrogens (tertiary/aromatic N) is 2. The van der Waals surface area contributed by atoms with E-state index in [4.69, 9.17) is 4.74 Å². The Morgan fingerprint density at radius 3 is 3.00 bits per heavy atom. The van der Waals surface area contributed by atoms with Crippen molar-refractivity contribution in [3.8, 4) is 0 Å². The van der Waals surface area contributed by atoms with E-state index in [1.54, 1.807) is 12.5 Å². The Labute approximate surface area is 101 Å². The number of nitrogens with one attached hydrogen (secondary N) is 1. The van der Waals surface area contributed by atoms with E-state index in [9.17, 15) is 4.79 Å². The van der Waals surface area contributed by atoms with Gasteiger partial charge in [0.2, 0.25) is 0 Å². The van der Waals surface area contributed by atoms with Crippen LogP contribution in [0.5, 0.6) is 0 Å². The molecule has 17 heavy (non-hydrogen) atoms. The molecule has 0 saturated heterocycles. The Bertz CT molecular complexity index is 385. The molecule has 94 valence electrons. The molecule has 1 fully saturated rings. The average molecular weight is 237 g/mol. The van der Waals surface area contributed by atoms with E-state index >= 15 is 0 Å². The summed E-state index contributed by atoms with van der Waals surface area (Å²) in [5, 5.41) is 3.16. The molecule has 1 aliphatic carbocycles. The Morgan fingerprint density at radius 1 is 1.65 bits per heavy atom. The molecule has 1 N–H and O–H groups in total. The highest BCUT2D eigenvalue weighted by Gasteiger charge is 2.31. The Morgan fingerprint density at radius 2 is 2.41 bits per heavy atom. The fraction of sp³-hybridized carbons (Fsp3) is 0.667. The van der Waals surface area contributed by atoms with Crippen LogP contribution in [0.2, 0.25) is 0 Å². The minimum Gasteiger partial charge on any atom is -0.465 e. The van der Waals surface area contributed by atoms with Crippen molar-refractivity contribution < 1.29 is 9.53 Å². The number of rotatable bonds is 6. The van der Waals surface area contributed by atoms with Crippen molar-refractivity contribution >= 4 is 5.97 Å². The van der Waals surface area contributed by atoms with Crippen LogP contribution in [0.3, 0.4) is 0 Å². The predicted octanol–water partition coefficient (Wildman–Crippen LogP) is 1.43. The molecule has 0 aliphatic heterocycles. The third kappa shape index (κ3) is 2.66. The maximum absolute atomic E-state index is 11.9. The number of carbonyl (C=O) groups excluding carboxylic acids is 1. The quantitative estimate of drug-likeness (QED) is 0.760. The molecule has 1 aromatic heterocycles. The summed E-state index contributed by atoms with van der Waals surface area (Å²) in [7, 11) is 0. The lowest BCUT2D eigenvalue weighted by atomic mass is 10.2.